The van der Waals surface area contributed by atoms with Crippen molar-refractivity contribution in [3.8, 4) is 0 Å². The van der Waals surface area contributed by atoms with Gasteiger partial charge in [-0.05, 0) is 103 Å². The van der Waals surface area contributed by atoms with E-state index >= 15 is 0 Å². The largest absolute Gasteiger partial charge is 0.462 e. The number of carbonyl (C=O) groups is 2. The Labute approximate surface area is 372 Å². The second-order valence-electron chi connectivity index (χ2n) is 16.7. The Morgan fingerprint density at radius 1 is 0.383 bits per heavy atom. The van der Waals surface area contributed by atoms with Gasteiger partial charge in [0.05, 0.1) is 6.61 Å². The van der Waals surface area contributed by atoms with E-state index in [9.17, 15) is 9.59 Å². The number of allylic oxidation sites excluding steroid dienone is 12. The lowest BCUT2D eigenvalue weighted by molar-refractivity contribution is -0.163. The fraction of sp³-hybridized carbons (Fsp3) is 0.745. The minimum absolute atomic E-state index is 0.0577. The van der Waals surface area contributed by atoms with Gasteiger partial charge in [0.2, 0.25) is 0 Å². The molecule has 1 unspecified atom stereocenters. The predicted octanol–water partition coefficient (Wildman–Crippen LogP) is 17.1. The highest BCUT2D eigenvalue weighted by Crippen LogP contribution is 2.13. The van der Waals surface area contributed by atoms with Gasteiger partial charge in [-0.3, -0.25) is 9.59 Å². The molecule has 0 radical (unpaired) electrons. The van der Waals surface area contributed by atoms with Gasteiger partial charge in [0.15, 0.2) is 6.10 Å². The monoisotopic (exact) mass is 837 g/mol. The number of hydrogen-bond acceptors (Lipinski definition) is 5. The predicted molar refractivity (Wildman–Crippen MR) is 260 cm³/mol. The number of hydrogen-bond donors (Lipinski definition) is 0. The third-order valence-corrected chi connectivity index (χ3v) is 10.7. The Hall–Kier alpha value is -2.66. The summed E-state index contributed by atoms with van der Waals surface area (Å²) in [6.45, 7) is 7.62. The lowest BCUT2D eigenvalue weighted by atomic mass is 10.1. The van der Waals surface area contributed by atoms with E-state index in [0.29, 0.717) is 19.4 Å². The standard InChI is InChI=1S/C55H96O5/c1-4-7-10-13-16-19-22-24-26-27-28-30-32-35-38-41-44-47-50-58-51-53(60-55(57)49-46-43-40-37-33-21-18-15-12-9-6-3)52-59-54(56)48-45-42-39-36-34-31-29-25-23-20-17-14-11-8-5-2/h8,11,15,17-18,20,24-26,29,34,36,53H,4-7,9-10,12-14,16,19,21-23,27-28,30-33,35,37-52H2,1-3H3/b11-8-,18-15-,20-17-,26-24-,29-25-,36-34-. The van der Waals surface area contributed by atoms with Crippen LogP contribution in [0, 0.1) is 0 Å². The van der Waals surface area contributed by atoms with Crippen LogP contribution >= 0.6 is 0 Å². The van der Waals surface area contributed by atoms with Crippen molar-refractivity contribution < 1.29 is 23.8 Å². The molecule has 0 aliphatic rings. The minimum atomic E-state index is -0.560. The molecule has 0 spiro atoms. The highest BCUT2D eigenvalue weighted by atomic mass is 16.6. The summed E-state index contributed by atoms with van der Waals surface area (Å²) in [5, 5.41) is 0. The molecule has 0 aliphatic heterocycles. The van der Waals surface area contributed by atoms with E-state index < -0.39 is 6.10 Å². The van der Waals surface area contributed by atoms with Crippen LogP contribution in [0.4, 0.5) is 0 Å². The third kappa shape index (κ3) is 48.0. The second-order valence-corrected chi connectivity index (χ2v) is 16.7. The average Bonchev–Trinajstić information content (AvgIpc) is 3.25. The lowest BCUT2D eigenvalue weighted by Gasteiger charge is -2.18. The Morgan fingerprint density at radius 3 is 1.30 bits per heavy atom. The van der Waals surface area contributed by atoms with Crippen LogP contribution in [0.5, 0.6) is 0 Å². The first-order valence-electron chi connectivity index (χ1n) is 25.5. The van der Waals surface area contributed by atoms with E-state index in [2.05, 4.69) is 93.7 Å². The first-order valence-corrected chi connectivity index (χ1v) is 25.5. The molecular formula is C55H96O5. The summed E-state index contributed by atoms with van der Waals surface area (Å²) in [6.07, 6.45) is 64.9. The molecule has 0 N–H and O–H groups in total. The zero-order valence-corrected chi connectivity index (χ0v) is 39.7. The second kappa shape index (κ2) is 50.7. The van der Waals surface area contributed by atoms with Gasteiger partial charge in [-0.2, -0.15) is 0 Å². The molecule has 0 aromatic heterocycles. The maximum absolute atomic E-state index is 12.7. The minimum Gasteiger partial charge on any atom is -0.462 e. The summed E-state index contributed by atoms with van der Waals surface area (Å²) in [4.78, 5) is 25.3. The van der Waals surface area contributed by atoms with E-state index in [1.807, 2.05) is 0 Å². The highest BCUT2D eigenvalue weighted by Gasteiger charge is 2.17. The molecule has 0 amide bonds. The molecule has 0 rings (SSSR count). The summed E-state index contributed by atoms with van der Waals surface area (Å²) in [5.74, 6) is -0.456. The van der Waals surface area contributed by atoms with Gasteiger partial charge in [-0.15, -0.1) is 0 Å². The summed E-state index contributed by atoms with van der Waals surface area (Å²) in [5.41, 5.74) is 0. The van der Waals surface area contributed by atoms with Crippen LogP contribution in [-0.2, 0) is 23.8 Å². The van der Waals surface area contributed by atoms with Crippen LogP contribution in [0.2, 0.25) is 0 Å². The maximum atomic E-state index is 12.7. The molecule has 0 fully saturated rings. The van der Waals surface area contributed by atoms with E-state index in [0.717, 1.165) is 83.5 Å². The molecule has 5 nitrogen and oxygen atoms in total. The SMILES string of the molecule is CC/C=C\C/C=C\C/C=C\C/C=C\CCCCC(=O)OCC(COCCCCCCCCCC/C=C\CCCCCCCC)OC(=O)CCCCCCC/C=C\CCCC. The molecule has 0 aromatic rings. The van der Waals surface area contributed by atoms with E-state index in [4.69, 9.17) is 14.2 Å². The van der Waals surface area contributed by atoms with Crippen molar-refractivity contribution in [2.45, 2.75) is 245 Å². The summed E-state index contributed by atoms with van der Waals surface area (Å²) in [6, 6.07) is 0. The van der Waals surface area contributed by atoms with Crippen LogP contribution in [0.25, 0.3) is 0 Å². The summed E-state index contributed by atoms with van der Waals surface area (Å²) >= 11 is 0. The highest BCUT2D eigenvalue weighted by molar-refractivity contribution is 5.70. The molecule has 1 atom stereocenters. The van der Waals surface area contributed by atoms with Crippen LogP contribution < -0.4 is 0 Å². The van der Waals surface area contributed by atoms with Gasteiger partial charge in [-0.1, -0.05) is 196 Å². The number of rotatable bonds is 46. The fourth-order valence-electron chi connectivity index (χ4n) is 6.89. The normalized spacial score (nSPS) is 12.8. The van der Waals surface area contributed by atoms with Gasteiger partial charge in [0.1, 0.15) is 6.61 Å². The molecule has 0 saturated heterocycles. The zero-order valence-electron chi connectivity index (χ0n) is 39.7. The van der Waals surface area contributed by atoms with Crippen molar-refractivity contribution in [1.82, 2.24) is 0 Å². The Morgan fingerprint density at radius 2 is 0.767 bits per heavy atom. The Kier molecular flexibility index (Phi) is 48.4. The van der Waals surface area contributed by atoms with Crippen molar-refractivity contribution in [3.05, 3.63) is 72.9 Å². The first-order chi connectivity index (χ1) is 29.6. The molecule has 0 aliphatic carbocycles. The van der Waals surface area contributed by atoms with Crippen LogP contribution in [-0.4, -0.2) is 37.9 Å². The van der Waals surface area contributed by atoms with E-state index in [-0.39, 0.29) is 25.2 Å². The molecule has 0 bridgehead atoms. The molecule has 5 heteroatoms. The van der Waals surface area contributed by atoms with E-state index in [1.165, 1.54) is 122 Å². The Bertz CT molecular complexity index is 1080. The van der Waals surface area contributed by atoms with Crippen molar-refractivity contribution >= 4 is 11.9 Å². The van der Waals surface area contributed by atoms with Crippen molar-refractivity contribution in [2.24, 2.45) is 0 Å². The van der Waals surface area contributed by atoms with Gasteiger partial charge in [-0.25, -0.2) is 0 Å². The van der Waals surface area contributed by atoms with Gasteiger partial charge in [0, 0.05) is 19.4 Å². The first kappa shape index (κ1) is 57.3. The molecule has 346 valence electrons. The Balaban J connectivity index is 4.30. The molecule has 0 heterocycles. The van der Waals surface area contributed by atoms with Gasteiger partial charge < -0.3 is 14.2 Å². The number of unbranched alkanes of at least 4 members (excludes halogenated alkanes) is 23. The summed E-state index contributed by atoms with van der Waals surface area (Å²) < 4.78 is 17.3. The topological polar surface area (TPSA) is 61.8 Å². The molecular weight excluding hydrogens is 741 g/mol. The number of esters is 2. The number of ether oxygens (including phenoxy) is 3. The van der Waals surface area contributed by atoms with Crippen LogP contribution in [0.1, 0.15) is 239 Å². The molecule has 60 heavy (non-hydrogen) atoms. The third-order valence-electron chi connectivity index (χ3n) is 10.7. The summed E-state index contributed by atoms with van der Waals surface area (Å²) in [7, 11) is 0. The van der Waals surface area contributed by atoms with Crippen LogP contribution in [0.15, 0.2) is 72.9 Å². The van der Waals surface area contributed by atoms with Crippen LogP contribution in [0.3, 0.4) is 0 Å². The fourth-order valence-corrected chi connectivity index (χ4v) is 6.89. The zero-order chi connectivity index (χ0) is 43.5. The number of carbonyl (C=O) groups excluding carboxylic acids is 2. The van der Waals surface area contributed by atoms with Crippen molar-refractivity contribution in [3.63, 3.8) is 0 Å². The van der Waals surface area contributed by atoms with Gasteiger partial charge in [0.25, 0.3) is 0 Å². The average molecular weight is 837 g/mol. The van der Waals surface area contributed by atoms with Gasteiger partial charge >= 0.3 is 11.9 Å². The van der Waals surface area contributed by atoms with Crippen molar-refractivity contribution in [1.29, 1.82) is 0 Å². The quantitative estimate of drug-likeness (QED) is 0.0347. The maximum Gasteiger partial charge on any atom is 0.306 e. The van der Waals surface area contributed by atoms with E-state index in [1.54, 1.807) is 0 Å². The lowest BCUT2D eigenvalue weighted by Crippen LogP contribution is -2.30. The smallest absolute Gasteiger partial charge is 0.306 e. The molecule has 0 saturated carbocycles. The van der Waals surface area contributed by atoms with Crippen molar-refractivity contribution in [2.75, 3.05) is 19.8 Å². The molecule has 0 aromatic carbocycles.